The van der Waals surface area contributed by atoms with Crippen molar-refractivity contribution in [1.82, 2.24) is 15.1 Å². The van der Waals surface area contributed by atoms with E-state index in [9.17, 15) is 4.79 Å². The number of nitrogens with one attached hydrogen (secondary N) is 1. The SMILES string of the molecule is CCCOc1ccc(C(C)NCC(=O)N2CCN(C)CC2)c(OCCC)c1. The van der Waals surface area contributed by atoms with Gasteiger partial charge in [0.1, 0.15) is 11.5 Å². The van der Waals surface area contributed by atoms with E-state index in [-0.39, 0.29) is 11.9 Å². The van der Waals surface area contributed by atoms with Gasteiger partial charge in [0.15, 0.2) is 0 Å². The molecule has 1 heterocycles. The Morgan fingerprint density at radius 2 is 1.78 bits per heavy atom. The molecule has 0 aromatic heterocycles. The van der Waals surface area contributed by atoms with Gasteiger partial charge in [0.25, 0.3) is 0 Å². The molecule has 1 amide bonds. The fraction of sp³-hybridized carbons (Fsp3) is 0.667. The second kappa shape index (κ2) is 11.1. The van der Waals surface area contributed by atoms with Gasteiger partial charge in [0, 0.05) is 43.9 Å². The lowest BCUT2D eigenvalue weighted by Crippen LogP contribution is -2.49. The summed E-state index contributed by atoms with van der Waals surface area (Å²) in [5, 5.41) is 3.36. The Balaban J connectivity index is 1.96. The van der Waals surface area contributed by atoms with E-state index in [4.69, 9.17) is 9.47 Å². The van der Waals surface area contributed by atoms with Crippen LogP contribution in [0.3, 0.4) is 0 Å². The summed E-state index contributed by atoms with van der Waals surface area (Å²) >= 11 is 0. The molecule has 1 aromatic carbocycles. The van der Waals surface area contributed by atoms with Crippen molar-refractivity contribution in [2.45, 2.75) is 39.7 Å². The highest BCUT2D eigenvalue weighted by Crippen LogP contribution is 2.30. The molecule has 0 aliphatic carbocycles. The molecule has 1 aliphatic heterocycles. The Bertz CT molecular complexity index is 586. The number of carbonyl (C=O) groups excluding carboxylic acids is 1. The average Bonchev–Trinajstić information content (AvgIpc) is 2.69. The van der Waals surface area contributed by atoms with Crippen molar-refractivity contribution in [1.29, 1.82) is 0 Å². The lowest BCUT2D eigenvalue weighted by atomic mass is 10.1. The first-order chi connectivity index (χ1) is 13.0. The molecule has 1 aliphatic rings. The van der Waals surface area contributed by atoms with E-state index < -0.39 is 0 Å². The maximum Gasteiger partial charge on any atom is 0.236 e. The van der Waals surface area contributed by atoms with Gasteiger partial charge in [-0.25, -0.2) is 0 Å². The monoisotopic (exact) mass is 377 g/mol. The number of hydrogen-bond donors (Lipinski definition) is 1. The van der Waals surface area contributed by atoms with E-state index in [2.05, 4.69) is 38.0 Å². The summed E-state index contributed by atoms with van der Waals surface area (Å²) in [5.74, 6) is 1.82. The summed E-state index contributed by atoms with van der Waals surface area (Å²) in [6, 6.07) is 5.99. The van der Waals surface area contributed by atoms with E-state index in [1.54, 1.807) is 0 Å². The highest BCUT2D eigenvalue weighted by atomic mass is 16.5. The second-order valence-corrected chi connectivity index (χ2v) is 7.18. The van der Waals surface area contributed by atoms with Crippen LogP contribution in [0.5, 0.6) is 11.5 Å². The standard InChI is InChI=1S/C21H35N3O3/c1-5-13-26-18-7-8-19(20(15-18)27-14-6-2)17(3)22-16-21(25)24-11-9-23(4)10-12-24/h7-8,15,17,22H,5-6,9-14,16H2,1-4H3. The van der Waals surface area contributed by atoms with Crippen LogP contribution in [0.25, 0.3) is 0 Å². The Hall–Kier alpha value is -1.79. The summed E-state index contributed by atoms with van der Waals surface area (Å²) in [5.41, 5.74) is 1.05. The van der Waals surface area contributed by atoms with Crippen molar-refractivity contribution in [3.05, 3.63) is 23.8 Å². The molecule has 6 heteroatoms. The van der Waals surface area contributed by atoms with Gasteiger partial charge in [-0.2, -0.15) is 0 Å². The van der Waals surface area contributed by atoms with Crippen molar-refractivity contribution >= 4 is 5.91 Å². The number of benzene rings is 1. The Kier molecular flexibility index (Phi) is 8.88. The van der Waals surface area contributed by atoms with Crippen LogP contribution < -0.4 is 14.8 Å². The largest absolute Gasteiger partial charge is 0.493 e. The van der Waals surface area contributed by atoms with Gasteiger partial charge in [0.2, 0.25) is 5.91 Å². The normalized spacial score (nSPS) is 16.2. The number of carbonyl (C=O) groups is 1. The third-order valence-corrected chi connectivity index (χ3v) is 4.80. The molecule has 152 valence electrons. The number of piperazine rings is 1. The fourth-order valence-electron chi connectivity index (χ4n) is 3.04. The maximum atomic E-state index is 12.5. The molecule has 2 rings (SSSR count). The average molecular weight is 378 g/mol. The van der Waals surface area contributed by atoms with E-state index >= 15 is 0 Å². The lowest BCUT2D eigenvalue weighted by Gasteiger charge is -2.32. The molecule has 27 heavy (non-hydrogen) atoms. The van der Waals surface area contributed by atoms with Gasteiger partial charge in [-0.3, -0.25) is 4.79 Å². The van der Waals surface area contributed by atoms with Gasteiger partial charge >= 0.3 is 0 Å². The van der Waals surface area contributed by atoms with Crippen molar-refractivity contribution in [2.75, 3.05) is 53.0 Å². The Morgan fingerprint density at radius 3 is 2.44 bits per heavy atom. The van der Waals surface area contributed by atoms with Crippen LogP contribution in [0.1, 0.15) is 45.2 Å². The third kappa shape index (κ3) is 6.70. The molecule has 1 fully saturated rings. The van der Waals surface area contributed by atoms with Gasteiger partial charge in [-0.15, -0.1) is 0 Å². The highest BCUT2D eigenvalue weighted by molar-refractivity contribution is 5.78. The van der Waals surface area contributed by atoms with Gasteiger partial charge in [-0.05, 0) is 32.9 Å². The topological polar surface area (TPSA) is 54.0 Å². The Labute approximate surface area is 163 Å². The minimum Gasteiger partial charge on any atom is -0.493 e. The molecule has 1 saturated heterocycles. The van der Waals surface area contributed by atoms with Crippen LogP contribution in [0.4, 0.5) is 0 Å². The van der Waals surface area contributed by atoms with Crippen LogP contribution in [-0.4, -0.2) is 68.7 Å². The fourth-order valence-corrected chi connectivity index (χ4v) is 3.04. The van der Waals surface area contributed by atoms with Crippen molar-refractivity contribution < 1.29 is 14.3 Å². The molecule has 1 atom stereocenters. The third-order valence-electron chi connectivity index (χ3n) is 4.80. The van der Waals surface area contributed by atoms with E-state index in [0.717, 1.165) is 56.1 Å². The van der Waals surface area contributed by atoms with E-state index in [0.29, 0.717) is 19.8 Å². The van der Waals surface area contributed by atoms with Crippen LogP contribution in [-0.2, 0) is 4.79 Å². The van der Waals surface area contributed by atoms with Crippen molar-refractivity contribution in [3.8, 4) is 11.5 Å². The number of likely N-dealkylation sites (N-methyl/N-ethyl adjacent to an activating group) is 1. The zero-order chi connectivity index (χ0) is 19.6. The summed E-state index contributed by atoms with van der Waals surface area (Å²) < 4.78 is 11.7. The molecular weight excluding hydrogens is 342 g/mol. The summed E-state index contributed by atoms with van der Waals surface area (Å²) in [6.07, 6.45) is 1.92. The first-order valence-corrected chi connectivity index (χ1v) is 10.1. The molecular formula is C21H35N3O3. The number of ether oxygens (including phenoxy) is 2. The summed E-state index contributed by atoms with van der Waals surface area (Å²) in [7, 11) is 2.09. The highest BCUT2D eigenvalue weighted by Gasteiger charge is 2.20. The molecule has 1 N–H and O–H groups in total. The first-order valence-electron chi connectivity index (χ1n) is 10.1. The molecule has 0 bridgehead atoms. The number of amides is 1. The zero-order valence-corrected chi connectivity index (χ0v) is 17.3. The van der Waals surface area contributed by atoms with Crippen molar-refractivity contribution in [2.24, 2.45) is 0 Å². The van der Waals surface area contributed by atoms with E-state index in [1.165, 1.54) is 0 Å². The van der Waals surface area contributed by atoms with E-state index in [1.807, 2.05) is 23.1 Å². The molecule has 1 aromatic rings. The molecule has 6 nitrogen and oxygen atoms in total. The lowest BCUT2D eigenvalue weighted by molar-refractivity contribution is -0.131. The molecule has 0 spiro atoms. The van der Waals surface area contributed by atoms with Crippen molar-refractivity contribution in [3.63, 3.8) is 0 Å². The van der Waals surface area contributed by atoms with Crippen LogP contribution in [0.15, 0.2) is 18.2 Å². The maximum absolute atomic E-state index is 12.5. The molecule has 0 radical (unpaired) electrons. The number of rotatable bonds is 10. The van der Waals surface area contributed by atoms with Crippen LogP contribution in [0.2, 0.25) is 0 Å². The second-order valence-electron chi connectivity index (χ2n) is 7.18. The Morgan fingerprint density at radius 1 is 1.11 bits per heavy atom. The minimum absolute atomic E-state index is 0.0218. The summed E-state index contributed by atoms with van der Waals surface area (Å²) in [4.78, 5) is 16.7. The quantitative estimate of drug-likeness (QED) is 0.679. The molecule has 1 unspecified atom stereocenters. The first kappa shape index (κ1) is 21.5. The van der Waals surface area contributed by atoms with Crippen LogP contribution >= 0.6 is 0 Å². The summed E-state index contributed by atoms with van der Waals surface area (Å²) in [6.45, 7) is 11.4. The minimum atomic E-state index is 0.0218. The van der Waals surface area contributed by atoms with Gasteiger partial charge in [-0.1, -0.05) is 19.9 Å². The predicted octanol–water partition coefficient (Wildman–Crippen LogP) is 2.69. The van der Waals surface area contributed by atoms with Crippen LogP contribution in [0, 0.1) is 0 Å². The number of hydrogen-bond acceptors (Lipinski definition) is 5. The number of nitrogens with zero attached hydrogens (tertiary/aromatic N) is 2. The zero-order valence-electron chi connectivity index (χ0n) is 17.3. The smallest absolute Gasteiger partial charge is 0.236 e. The van der Waals surface area contributed by atoms with Gasteiger partial charge in [0.05, 0.1) is 19.8 Å². The molecule has 0 saturated carbocycles. The predicted molar refractivity (Wildman–Crippen MR) is 109 cm³/mol. The van der Waals surface area contributed by atoms with Gasteiger partial charge < -0.3 is 24.6 Å².